The third kappa shape index (κ3) is 5.36. The molecule has 0 aliphatic carbocycles. The summed E-state index contributed by atoms with van der Waals surface area (Å²) in [6.07, 6.45) is -10.2. The molecular formula is C14H15BrF6N2. The van der Waals surface area contributed by atoms with Gasteiger partial charge >= 0.3 is 12.4 Å². The fourth-order valence-corrected chi connectivity index (χ4v) is 3.15. The molecule has 0 saturated carbocycles. The van der Waals surface area contributed by atoms with Gasteiger partial charge in [0.15, 0.2) is 0 Å². The van der Waals surface area contributed by atoms with Crippen molar-refractivity contribution in [2.24, 2.45) is 0 Å². The van der Waals surface area contributed by atoms with Gasteiger partial charge in [-0.25, -0.2) is 0 Å². The van der Waals surface area contributed by atoms with Gasteiger partial charge in [-0.05, 0) is 23.8 Å². The van der Waals surface area contributed by atoms with Gasteiger partial charge in [0.1, 0.15) is 0 Å². The van der Waals surface area contributed by atoms with Gasteiger partial charge in [-0.1, -0.05) is 15.9 Å². The molecule has 1 aromatic rings. The number of benzene rings is 1. The van der Waals surface area contributed by atoms with Gasteiger partial charge in [-0.2, -0.15) is 26.3 Å². The molecule has 23 heavy (non-hydrogen) atoms. The quantitative estimate of drug-likeness (QED) is 0.752. The minimum Gasteiger partial charge on any atom is -0.314 e. The lowest BCUT2D eigenvalue weighted by atomic mass is 9.98. The molecule has 0 aromatic heterocycles. The summed E-state index contributed by atoms with van der Waals surface area (Å²) in [6.45, 7) is 1.73. The minimum atomic E-state index is -4.61. The molecule has 1 fully saturated rings. The summed E-state index contributed by atoms with van der Waals surface area (Å²) in [5, 5.41) is 3.02. The largest absolute Gasteiger partial charge is 0.416 e. The van der Waals surface area contributed by atoms with Crippen molar-refractivity contribution in [3.63, 3.8) is 0 Å². The highest BCUT2D eigenvalue weighted by Gasteiger charge is 2.38. The summed E-state index contributed by atoms with van der Waals surface area (Å²) in [4.78, 5) is 1.58. The Kier molecular flexibility index (Phi) is 5.63. The van der Waals surface area contributed by atoms with Crippen LogP contribution in [0.15, 0.2) is 22.7 Å². The third-order valence-electron chi connectivity index (χ3n) is 3.65. The van der Waals surface area contributed by atoms with Crippen LogP contribution < -0.4 is 5.32 Å². The van der Waals surface area contributed by atoms with E-state index < -0.39 is 30.4 Å². The first-order valence-corrected chi connectivity index (χ1v) is 7.75. The summed E-state index contributed by atoms with van der Waals surface area (Å²) >= 11 is 2.97. The normalized spacial score (nSPS) is 18.9. The predicted octanol–water partition coefficient (Wildman–Crippen LogP) is 4.37. The summed E-state index contributed by atoms with van der Waals surface area (Å²) in [7, 11) is 0. The van der Waals surface area contributed by atoms with Gasteiger partial charge in [0.2, 0.25) is 0 Å². The second-order valence-corrected chi connectivity index (χ2v) is 6.31. The van der Waals surface area contributed by atoms with Crippen LogP contribution >= 0.6 is 15.9 Å². The van der Waals surface area contributed by atoms with Crippen molar-refractivity contribution >= 4 is 15.9 Å². The van der Waals surface area contributed by atoms with Gasteiger partial charge < -0.3 is 5.32 Å². The molecule has 0 bridgehead atoms. The van der Waals surface area contributed by atoms with Gasteiger partial charge in [0, 0.05) is 36.7 Å². The smallest absolute Gasteiger partial charge is 0.314 e. The summed E-state index contributed by atoms with van der Waals surface area (Å²) in [5.41, 5.74) is -0.935. The lowest BCUT2D eigenvalue weighted by Gasteiger charge is -2.36. The van der Waals surface area contributed by atoms with Crippen LogP contribution in [0.5, 0.6) is 0 Å². The molecule has 0 spiro atoms. The maximum atomic E-state index is 12.9. The van der Waals surface area contributed by atoms with Crippen LogP contribution in [0.1, 0.15) is 23.6 Å². The van der Waals surface area contributed by atoms with Crippen molar-refractivity contribution in [1.82, 2.24) is 10.2 Å². The molecule has 2 nitrogen and oxygen atoms in total. The molecule has 130 valence electrons. The molecule has 1 atom stereocenters. The van der Waals surface area contributed by atoms with E-state index in [2.05, 4.69) is 21.2 Å². The van der Waals surface area contributed by atoms with Gasteiger partial charge in [0.25, 0.3) is 0 Å². The number of hydrogen-bond acceptors (Lipinski definition) is 2. The van der Waals surface area contributed by atoms with Crippen LogP contribution in [0, 0.1) is 0 Å². The average Bonchev–Trinajstić information content (AvgIpc) is 2.43. The van der Waals surface area contributed by atoms with E-state index in [9.17, 15) is 26.3 Å². The second-order valence-electron chi connectivity index (χ2n) is 5.39. The van der Waals surface area contributed by atoms with Gasteiger partial charge in [-0.15, -0.1) is 0 Å². The van der Waals surface area contributed by atoms with Crippen molar-refractivity contribution in [3.8, 4) is 0 Å². The molecule has 1 aliphatic rings. The first-order valence-electron chi connectivity index (χ1n) is 6.95. The van der Waals surface area contributed by atoms with Crippen LogP contribution in [0.25, 0.3) is 0 Å². The first-order chi connectivity index (χ1) is 10.6. The lowest BCUT2D eigenvalue weighted by molar-refractivity contribution is -0.148. The third-order valence-corrected chi connectivity index (χ3v) is 4.11. The number of hydrogen-bond donors (Lipinski definition) is 1. The zero-order valence-electron chi connectivity index (χ0n) is 11.9. The highest BCUT2D eigenvalue weighted by atomic mass is 79.9. The predicted molar refractivity (Wildman–Crippen MR) is 77.0 cm³/mol. The number of nitrogens with zero attached hydrogens (tertiary/aromatic N) is 1. The van der Waals surface area contributed by atoms with Crippen LogP contribution in [-0.2, 0) is 6.18 Å². The SMILES string of the molecule is FC(F)(F)C[C@@H](c1cc(Br)cc(C(F)(F)F)c1)N1CCNCC1. The molecule has 0 unspecified atom stereocenters. The molecule has 1 aromatic carbocycles. The van der Waals surface area contributed by atoms with Crippen LogP contribution in [0.3, 0.4) is 0 Å². The Bertz CT molecular complexity index is 537. The Morgan fingerprint density at radius 3 is 2.17 bits per heavy atom. The van der Waals surface area contributed by atoms with Crippen LogP contribution in [0.2, 0.25) is 0 Å². The molecule has 9 heteroatoms. The molecule has 0 radical (unpaired) electrons. The van der Waals surface area contributed by atoms with E-state index in [0.29, 0.717) is 26.2 Å². The minimum absolute atomic E-state index is 0.0194. The number of alkyl halides is 6. The zero-order chi connectivity index (χ0) is 17.3. The summed E-state index contributed by atoms with van der Waals surface area (Å²) in [6, 6.07) is 1.87. The lowest BCUT2D eigenvalue weighted by Crippen LogP contribution is -2.46. The van der Waals surface area contributed by atoms with Crippen molar-refractivity contribution in [2.45, 2.75) is 24.8 Å². The molecule has 2 rings (SSSR count). The van der Waals surface area contributed by atoms with E-state index in [1.54, 1.807) is 4.90 Å². The zero-order valence-corrected chi connectivity index (χ0v) is 13.5. The summed E-state index contributed by atoms with van der Waals surface area (Å²) < 4.78 is 77.6. The van der Waals surface area contributed by atoms with E-state index in [1.165, 1.54) is 6.07 Å². The molecule has 0 amide bonds. The van der Waals surface area contributed by atoms with Crippen molar-refractivity contribution in [1.29, 1.82) is 0 Å². The Morgan fingerprint density at radius 1 is 1.04 bits per heavy atom. The van der Waals surface area contributed by atoms with E-state index in [1.807, 2.05) is 0 Å². The molecular weight excluding hydrogens is 390 g/mol. The highest BCUT2D eigenvalue weighted by Crippen LogP contribution is 2.38. The Morgan fingerprint density at radius 2 is 1.65 bits per heavy atom. The molecule has 1 N–H and O–H groups in total. The summed E-state index contributed by atoms with van der Waals surface area (Å²) in [5.74, 6) is 0. The first kappa shape index (κ1) is 18.5. The van der Waals surface area contributed by atoms with E-state index in [4.69, 9.17) is 0 Å². The van der Waals surface area contributed by atoms with E-state index in [-0.39, 0.29) is 10.0 Å². The fraction of sp³-hybridized carbons (Fsp3) is 0.571. The number of halogens is 7. The van der Waals surface area contributed by atoms with Gasteiger partial charge in [-0.3, -0.25) is 4.90 Å². The van der Waals surface area contributed by atoms with Gasteiger partial charge in [0.05, 0.1) is 12.0 Å². The number of piperazine rings is 1. The van der Waals surface area contributed by atoms with Crippen molar-refractivity contribution in [3.05, 3.63) is 33.8 Å². The topological polar surface area (TPSA) is 15.3 Å². The Hall–Kier alpha value is -0.800. The van der Waals surface area contributed by atoms with Crippen molar-refractivity contribution < 1.29 is 26.3 Å². The van der Waals surface area contributed by atoms with Crippen LogP contribution in [-0.4, -0.2) is 37.3 Å². The Labute approximate surface area is 138 Å². The standard InChI is InChI=1S/C14H15BrF6N2/c15-11-6-9(5-10(7-11)14(19,20)21)12(8-13(16,17)18)23-3-1-22-2-4-23/h5-7,12,22H,1-4,8H2/t12-/m0/s1. The Balaban J connectivity index is 2.39. The molecule has 1 heterocycles. The maximum absolute atomic E-state index is 12.9. The maximum Gasteiger partial charge on any atom is 0.416 e. The molecule has 1 aliphatic heterocycles. The monoisotopic (exact) mass is 404 g/mol. The van der Waals surface area contributed by atoms with Crippen LogP contribution in [0.4, 0.5) is 26.3 Å². The molecule has 1 saturated heterocycles. The number of rotatable bonds is 3. The number of nitrogens with one attached hydrogen (secondary N) is 1. The second kappa shape index (κ2) is 6.98. The van der Waals surface area contributed by atoms with E-state index >= 15 is 0 Å². The fourth-order valence-electron chi connectivity index (χ4n) is 2.64. The highest BCUT2D eigenvalue weighted by molar-refractivity contribution is 9.10. The van der Waals surface area contributed by atoms with E-state index in [0.717, 1.165) is 12.1 Å². The average molecular weight is 405 g/mol. The van der Waals surface area contributed by atoms with Crippen molar-refractivity contribution in [2.75, 3.05) is 26.2 Å².